The zero-order chi connectivity index (χ0) is 14.7. The summed E-state index contributed by atoms with van der Waals surface area (Å²) >= 11 is 0. The van der Waals surface area contributed by atoms with Crippen molar-refractivity contribution in [2.45, 2.75) is 0 Å². The second-order valence-electron chi connectivity index (χ2n) is 4.65. The van der Waals surface area contributed by atoms with Gasteiger partial charge in [0.2, 0.25) is 0 Å². The van der Waals surface area contributed by atoms with Gasteiger partial charge in [-0.05, 0) is 29.3 Å². The van der Waals surface area contributed by atoms with Gasteiger partial charge in [-0.15, -0.1) is 0 Å². The molecule has 3 rings (SSSR count). The minimum Gasteiger partial charge on any atom is -0.497 e. The third-order valence-electron chi connectivity index (χ3n) is 3.28. The molecule has 0 fully saturated rings. The number of aromatic amines is 1. The lowest BCUT2D eigenvalue weighted by Gasteiger charge is -2.00. The highest BCUT2D eigenvalue weighted by Crippen LogP contribution is 2.16. The SMILES string of the molecule is COc1ccc(C=Cc2ccc3cn[nH]c(=O)c3c2)cc1. The van der Waals surface area contributed by atoms with Crippen LogP contribution in [0, 0.1) is 0 Å². The molecule has 0 amide bonds. The summed E-state index contributed by atoms with van der Waals surface area (Å²) in [6, 6.07) is 13.5. The van der Waals surface area contributed by atoms with E-state index in [0.717, 1.165) is 22.3 Å². The maximum Gasteiger partial charge on any atom is 0.272 e. The van der Waals surface area contributed by atoms with Gasteiger partial charge in [0.25, 0.3) is 5.56 Å². The molecular weight excluding hydrogens is 264 g/mol. The summed E-state index contributed by atoms with van der Waals surface area (Å²) in [6.45, 7) is 0. The van der Waals surface area contributed by atoms with Gasteiger partial charge in [0.1, 0.15) is 5.75 Å². The first-order chi connectivity index (χ1) is 10.3. The van der Waals surface area contributed by atoms with Gasteiger partial charge < -0.3 is 4.74 Å². The molecule has 0 saturated carbocycles. The van der Waals surface area contributed by atoms with Gasteiger partial charge in [-0.3, -0.25) is 4.79 Å². The summed E-state index contributed by atoms with van der Waals surface area (Å²) in [6.07, 6.45) is 5.62. The standard InChI is InChI=1S/C17H14N2O2/c1-21-15-8-5-12(6-9-15)2-3-13-4-7-14-11-18-19-17(20)16(14)10-13/h2-11H,1H3,(H,19,20). The maximum absolute atomic E-state index is 11.7. The molecule has 1 aromatic heterocycles. The number of H-pyrrole nitrogens is 1. The average molecular weight is 278 g/mol. The van der Waals surface area contributed by atoms with E-state index in [-0.39, 0.29) is 5.56 Å². The van der Waals surface area contributed by atoms with Crippen molar-refractivity contribution >= 4 is 22.9 Å². The zero-order valence-electron chi connectivity index (χ0n) is 11.5. The van der Waals surface area contributed by atoms with Crippen LogP contribution >= 0.6 is 0 Å². The lowest BCUT2D eigenvalue weighted by atomic mass is 10.1. The second kappa shape index (κ2) is 5.63. The van der Waals surface area contributed by atoms with Crippen molar-refractivity contribution in [2.24, 2.45) is 0 Å². The Hall–Kier alpha value is -2.88. The van der Waals surface area contributed by atoms with Crippen molar-refractivity contribution in [3.05, 3.63) is 70.1 Å². The highest BCUT2D eigenvalue weighted by Gasteiger charge is 1.99. The summed E-state index contributed by atoms with van der Waals surface area (Å²) in [7, 11) is 1.65. The van der Waals surface area contributed by atoms with Gasteiger partial charge in [-0.25, -0.2) is 5.10 Å². The van der Waals surface area contributed by atoms with Crippen molar-refractivity contribution in [3.8, 4) is 5.75 Å². The van der Waals surface area contributed by atoms with Gasteiger partial charge in [0.05, 0.1) is 18.7 Å². The van der Waals surface area contributed by atoms with Crippen LogP contribution in [-0.4, -0.2) is 17.3 Å². The van der Waals surface area contributed by atoms with Crippen molar-refractivity contribution in [1.29, 1.82) is 0 Å². The normalized spacial score (nSPS) is 11.1. The molecule has 0 bridgehead atoms. The summed E-state index contributed by atoms with van der Waals surface area (Å²) in [5, 5.41) is 7.70. The Morgan fingerprint density at radius 3 is 2.52 bits per heavy atom. The highest BCUT2D eigenvalue weighted by atomic mass is 16.5. The molecule has 104 valence electrons. The van der Waals surface area contributed by atoms with E-state index in [4.69, 9.17) is 4.74 Å². The van der Waals surface area contributed by atoms with Crippen LogP contribution in [0.25, 0.3) is 22.9 Å². The average Bonchev–Trinajstić information content (AvgIpc) is 2.54. The number of hydrogen-bond acceptors (Lipinski definition) is 3. The molecule has 1 heterocycles. The van der Waals surface area contributed by atoms with Crippen LogP contribution < -0.4 is 10.3 Å². The number of nitrogens with one attached hydrogen (secondary N) is 1. The first-order valence-electron chi connectivity index (χ1n) is 6.56. The third kappa shape index (κ3) is 2.84. The van der Waals surface area contributed by atoms with Crippen molar-refractivity contribution in [1.82, 2.24) is 10.2 Å². The molecule has 4 nitrogen and oxygen atoms in total. The molecule has 21 heavy (non-hydrogen) atoms. The molecule has 0 radical (unpaired) electrons. The van der Waals surface area contributed by atoms with Crippen LogP contribution in [0.3, 0.4) is 0 Å². The quantitative estimate of drug-likeness (QED) is 0.749. The van der Waals surface area contributed by atoms with E-state index in [1.165, 1.54) is 0 Å². The Labute approximate surface area is 121 Å². The summed E-state index contributed by atoms with van der Waals surface area (Å²) < 4.78 is 5.13. The third-order valence-corrected chi connectivity index (χ3v) is 3.28. The monoisotopic (exact) mass is 278 g/mol. The first-order valence-corrected chi connectivity index (χ1v) is 6.56. The van der Waals surface area contributed by atoms with Crippen molar-refractivity contribution in [3.63, 3.8) is 0 Å². The van der Waals surface area contributed by atoms with Crippen molar-refractivity contribution < 1.29 is 4.74 Å². The van der Waals surface area contributed by atoms with Crippen LogP contribution in [0.5, 0.6) is 5.75 Å². The molecule has 0 spiro atoms. The van der Waals surface area contributed by atoms with Crippen molar-refractivity contribution in [2.75, 3.05) is 7.11 Å². The summed E-state index contributed by atoms with van der Waals surface area (Å²) in [4.78, 5) is 11.7. The molecule has 4 heteroatoms. The fourth-order valence-corrected chi connectivity index (χ4v) is 2.11. The number of rotatable bonds is 3. The molecule has 0 atom stereocenters. The van der Waals surface area contributed by atoms with E-state index in [1.54, 1.807) is 13.3 Å². The predicted octanol–water partition coefficient (Wildman–Crippen LogP) is 3.10. The second-order valence-corrected chi connectivity index (χ2v) is 4.65. The van der Waals surface area contributed by atoms with Crippen LogP contribution in [0.2, 0.25) is 0 Å². The molecule has 1 N–H and O–H groups in total. The van der Waals surface area contributed by atoms with Gasteiger partial charge in [-0.1, -0.05) is 36.4 Å². The number of benzene rings is 2. The molecule has 0 unspecified atom stereocenters. The van der Waals surface area contributed by atoms with E-state index >= 15 is 0 Å². The lowest BCUT2D eigenvalue weighted by Crippen LogP contribution is -2.07. The Bertz CT molecular complexity index is 849. The van der Waals surface area contributed by atoms with Crippen LogP contribution in [0.15, 0.2) is 53.5 Å². The van der Waals surface area contributed by atoms with Crippen LogP contribution in [-0.2, 0) is 0 Å². The molecule has 0 aliphatic carbocycles. The Morgan fingerprint density at radius 1 is 1.05 bits per heavy atom. The van der Waals surface area contributed by atoms with Crippen LogP contribution in [0.1, 0.15) is 11.1 Å². The van der Waals surface area contributed by atoms with Gasteiger partial charge in [0, 0.05) is 5.39 Å². The first kappa shape index (κ1) is 13.1. The number of nitrogens with zero attached hydrogens (tertiary/aromatic N) is 1. The fourth-order valence-electron chi connectivity index (χ4n) is 2.11. The fraction of sp³-hybridized carbons (Fsp3) is 0.0588. The van der Waals surface area contributed by atoms with Gasteiger partial charge >= 0.3 is 0 Å². The largest absolute Gasteiger partial charge is 0.497 e. The number of aromatic nitrogens is 2. The number of methoxy groups -OCH3 is 1. The minimum absolute atomic E-state index is 0.174. The van der Waals surface area contributed by atoms with E-state index in [0.29, 0.717) is 5.39 Å². The Morgan fingerprint density at radius 2 is 1.76 bits per heavy atom. The van der Waals surface area contributed by atoms with E-state index in [1.807, 2.05) is 54.6 Å². The number of hydrogen-bond donors (Lipinski definition) is 1. The van der Waals surface area contributed by atoms with E-state index in [9.17, 15) is 4.79 Å². The van der Waals surface area contributed by atoms with E-state index < -0.39 is 0 Å². The van der Waals surface area contributed by atoms with Gasteiger partial charge in [0.15, 0.2) is 0 Å². The van der Waals surface area contributed by atoms with E-state index in [2.05, 4.69) is 10.2 Å². The predicted molar refractivity (Wildman–Crippen MR) is 84.3 cm³/mol. The molecule has 3 aromatic rings. The minimum atomic E-state index is -0.174. The number of fused-ring (bicyclic) bond motifs is 1. The zero-order valence-corrected chi connectivity index (χ0v) is 11.5. The molecule has 0 saturated heterocycles. The van der Waals surface area contributed by atoms with Gasteiger partial charge in [-0.2, -0.15) is 5.10 Å². The van der Waals surface area contributed by atoms with Crippen LogP contribution in [0.4, 0.5) is 0 Å². The smallest absolute Gasteiger partial charge is 0.272 e. The number of ether oxygens (including phenoxy) is 1. The molecule has 0 aliphatic rings. The summed E-state index contributed by atoms with van der Waals surface area (Å²) in [5.41, 5.74) is 1.86. The lowest BCUT2D eigenvalue weighted by molar-refractivity contribution is 0.415. The summed E-state index contributed by atoms with van der Waals surface area (Å²) in [5.74, 6) is 0.830. The Kier molecular flexibility index (Phi) is 3.51. The molecule has 0 aliphatic heterocycles. The molecular formula is C17H14N2O2. The topological polar surface area (TPSA) is 55.0 Å². The Balaban J connectivity index is 1.91. The maximum atomic E-state index is 11.7. The molecule has 2 aromatic carbocycles. The highest BCUT2D eigenvalue weighted by molar-refractivity contribution is 5.84.